The van der Waals surface area contributed by atoms with Crippen molar-refractivity contribution in [3.63, 3.8) is 0 Å². The molecule has 0 radical (unpaired) electrons. The van der Waals surface area contributed by atoms with Crippen LogP contribution in [-0.2, 0) is 19.1 Å². The molecule has 0 aromatic heterocycles. The van der Waals surface area contributed by atoms with Crippen LogP contribution in [0.25, 0.3) is 0 Å². The Bertz CT molecular complexity index is 753. The Labute approximate surface area is 181 Å². The van der Waals surface area contributed by atoms with E-state index in [1.165, 1.54) is 6.42 Å². The number of hydrogen-bond donors (Lipinski definition) is 0. The van der Waals surface area contributed by atoms with Crippen LogP contribution < -0.4 is 0 Å². The molecule has 166 valence electrons. The first-order chi connectivity index (χ1) is 14.2. The van der Waals surface area contributed by atoms with Gasteiger partial charge in [0.2, 0.25) is 0 Å². The number of carbonyl (C=O) groups excluding carboxylic acids is 2. The maximum atomic E-state index is 12.1. The van der Waals surface area contributed by atoms with Crippen molar-refractivity contribution in [2.24, 2.45) is 34.5 Å². The van der Waals surface area contributed by atoms with Gasteiger partial charge in [-0.3, -0.25) is 9.59 Å². The van der Waals surface area contributed by atoms with E-state index in [2.05, 4.69) is 19.8 Å². The molecule has 4 rings (SSSR count). The topological polar surface area (TPSA) is 52.6 Å². The summed E-state index contributed by atoms with van der Waals surface area (Å²) in [5.74, 6) is 5.08. The molecule has 0 spiro atoms. The Kier molecular flexibility index (Phi) is 5.48. The molecule has 0 N–H and O–H groups in total. The van der Waals surface area contributed by atoms with Crippen molar-refractivity contribution in [2.75, 3.05) is 0 Å². The summed E-state index contributed by atoms with van der Waals surface area (Å²) < 4.78 is 11.8. The number of esters is 2. The predicted molar refractivity (Wildman–Crippen MR) is 115 cm³/mol. The number of rotatable bonds is 4. The Morgan fingerprint density at radius 3 is 2.33 bits per heavy atom. The van der Waals surface area contributed by atoms with Crippen molar-refractivity contribution in [1.82, 2.24) is 0 Å². The molecule has 0 aromatic carbocycles. The molecule has 4 nitrogen and oxygen atoms in total. The summed E-state index contributed by atoms with van der Waals surface area (Å²) in [5.41, 5.74) is -0.495. The average Bonchev–Trinajstić information content (AvgIpc) is 3.21. The van der Waals surface area contributed by atoms with Crippen LogP contribution in [0.2, 0.25) is 0 Å². The van der Waals surface area contributed by atoms with E-state index in [0.29, 0.717) is 36.5 Å². The van der Waals surface area contributed by atoms with Crippen LogP contribution in [0, 0.1) is 46.8 Å². The van der Waals surface area contributed by atoms with Gasteiger partial charge in [0, 0.05) is 31.1 Å². The summed E-state index contributed by atoms with van der Waals surface area (Å²) in [6.07, 6.45) is 15.3. The lowest BCUT2D eigenvalue weighted by Crippen LogP contribution is -2.51. The summed E-state index contributed by atoms with van der Waals surface area (Å²) in [5, 5.41) is 0. The lowest BCUT2D eigenvalue weighted by atomic mass is 9.48. The van der Waals surface area contributed by atoms with Crippen molar-refractivity contribution in [3.05, 3.63) is 0 Å². The predicted octanol–water partition coefficient (Wildman–Crippen LogP) is 5.29. The lowest BCUT2D eigenvalue weighted by Gasteiger charge is -2.57. The molecule has 5 unspecified atom stereocenters. The van der Waals surface area contributed by atoms with E-state index in [1.54, 1.807) is 0 Å². The van der Waals surface area contributed by atoms with Gasteiger partial charge >= 0.3 is 11.9 Å². The molecule has 0 aromatic rings. The molecule has 0 bridgehead atoms. The van der Waals surface area contributed by atoms with Gasteiger partial charge in [0.25, 0.3) is 0 Å². The molecule has 4 heteroatoms. The minimum Gasteiger partial charge on any atom is -0.462 e. The van der Waals surface area contributed by atoms with E-state index in [9.17, 15) is 9.59 Å². The summed E-state index contributed by atoms with van der Waals surface area (Å²) in [4.78, 5) is 24.1. The van der Waals surface area contributed by atoms with Gasteiger partial charge in [0.15, 0.2) is 5.60 Å². The first kappa shape index (κ1) is 21.7. The molecule has 4 aliphatic rings. The fourth-order valence-electron chi connectivity index (χ4n) is 8.13. The maximum Gasteiger partial charge on any atom is 0.307 e. The molecule has 4 aliphatic carbocycles. The first-order valence-electron chi connectivity index (χ1n) is 12.1. The fraction of sp³-hybridized carbons (Fsp3) is 0.846. The number of terminal acetylenes is 1. The average molecular weight is 415 g/mol. The third-order valence-corrected chi connectivity index (χ3v) is 9.64. The van der Waals surface area contributed by atoms with Gasteiger partial charge in [0.1, 0.15) is 6.10 Å². The van der Waals surface area contributed by atoms with Gasteiger partial charge < -0.3 is 9.47 Å². The highest BCUT2D eigenvalue weighted by molar-refractivity contribution is 5.70. The molecule has 0 saturated heterocycles. The second-order valence-electron chi connectivity index (χ2n) is 11.0. The SMILES string of the molecule is C#CC1(OC(=O)CC)C[C@@H]2CCC3C4CCC(OC(=O)CC)[C@@]4(C)CCC3[C@@]2(C)C1. The highest BCUT2D eigenvalue weighted by Crippen LogP contribution is 2.68. The Hall–Kier alpha value is -1.50. The molecule has 8 atom stereocenters. The second kappa shape index (κ2) is 7.57. The van der Waals surface area contributed by atoms with Crippen LogP contribution in [0.3, 0.4) is 0 Å². The monoisotopic (exact) mass is 414 g/mol. The number of carbonyl (C=O) groups is 2. The Balaban J connectivity index is 1.56. The Morgan fingerprint density at radius 1 is 0.967 bits per heavy atom. The maximum absolute atomic E-state index is 12.1. The number of fused-ring (bicyclic) bond motifs is 5. The van der Waals surface area contributed by atoms with Crippen molar-refractivity contribution < 1.29 is 19.1 Å². The quantitative estimate of drug-likeness (QED) is 0.463. The van der Waals surface area contributed by atoms with E-state index in [-0.39, 0.29) is 28.9 Å². The highest BCUT2D eigenvalue weighted by Gasteiger charge is 2.64. The van der Waals surface area contributed by atoms with Crippen molar-refractivity contribution >= 4 is 11.9 Å². The molecular weight excluding hydrogens is 376 g/mol. The van der Waals surface area contributed by atoms with E-state index in [1.807, 2.05) is 13.8 Å². The van der Waals surface area contributed by atoms with Gasteiger partial charge in [-0.2, -0.15) is 0 Å². The summed E-state index contributed by atoms with van der Waals surface area (Å²) in [7, 11) is 0. The molecule has 0 amide bonds. The fourth-order valence-corrected chi connectivity index (χ4v) is 8.13. The van der Waals surface area contributed by atoms with Gasteiger partial charge in [-0.1, -0.05) is 33.6 Å². The standard InChI is InChI=1S/C26H38O4/c1-6-22(27)29-21-12-11-19-18-10-9-17-15-26(8-3,30-23(28)7-2)16-25(17,5)20(18)13-14-24(19,21)4/h3,17-21H,6-7,9-16H2,1-2,4-5H3/t17-,18?,19?,20?,21?,24-,25-,26?/m0/s1. The molecule has 4 fully saturated rings. The molecule has 0 aliphatic heterocycles. The largest absolute Gasteiger partial charge is 0.462 e. The lowest BCUT2D eigenvalue weighted by molar-refractivity contribution is -0.162. The molecule has 4 saturated carbocycles. The molecule has 0 heterocycles. The number of ether oxygens (including phenoxy) is 2. The van der Waals surface area contributed by atoms with Crippen LogP contribution in [0.1, 0.15) is 91.9 Å². The zero-order valence-corrected chi connectivity index (χ0v) is 19.2. The number of hydrogen-bond acceptors (Lipinski definition) is 4. The van der Waals surface area contributed by atoms with Crippen LogP contribution in [0.5, 0.6) is 0 Å². The van der Waals surface area contributed by atoms with Crippen LogP contribution in [0.4, 0.5) is 0 Å². The first-order valence-corrected chi connectivity index (χ1v) is 12.1. The van der Waals surface area contributed by atoms with Gasteiger partial charge in [-0.05, 0) is 67.6 Å². The van der Waals surface area contributed by atoms with Crippen LogP contribution in [0.15, 0.2) is 0 Å². The van der Waals surface area contributed by atoms with Gasteiger partial charge in [-0.15, -0.1) is 6.42 Å². The van der Waals surface area contributed by atoms with E-state index >= 15 is 0 Å². The van der Waals surface area contributed by atoms with E-state index < -0.39 is 5.60 Å². The molecular formula is C26H38O4. The smallest absolute Gasteiger partial charge is 0.307 e. The minimum atomic E-state index is -0.725. The summed E-state index contributed by atoms with van der Waals surface area (Å²) >= 11 is 0. The Morgan fingerprint density at radius 2 is 1.67 bits per heavy atom. The third-order valence-electron chi connectivity index (χ3n) is 9.64. The van der Waals surface area contributed by atoms with Gasteiger partial charge in [0.05, 0.1) is 0 Å². The van der Waals surface area contributed by atoms with Crippen molar-refractivity contribution in [1.29, 1.82) is 0 Å². The van der Waals surface area contributed by atoms with Crippen molar-refractivity contribution in [3.8, 4) is 12.3 Å². The van der Waals surface area contributed by atoms with Crippen LogP contribution >= 0.6 is 0 Å². The zero-order valence-electron chi connectivity index (χ0n) is 19.2. The minimum absolute atomic E-state index is 0.0630. The highest BCUT2D eigenvalue weighted by atomic mass is 16.6. The summed E-state index contributed by atoms with van der Waals surface area (Å²) in [6, 6.07) is 0. The van der Waals surface area contributed by atoms with E-state index in [4.69, 9.17) is 15.9 Å². The summed E-state index contributed by atoms with van der Waals surface area (Å²) in [6.45, 7) is 8.49. The third kappa shape index (κ3) is 3.19. The molecule has 30 heavy (non-hydrogen) atoms. The van der Waals surface area contributed by atoms with Crippen LogP contribution in [-0.4, -0.2) is 23.6 Å². The van der Waals surface area contributed by atoms with Crippen molar-refractivity contribution in [2.45, 2.75) is 104 Å². The normalized spacial score (nSPS) is 46.8. The van der Waals surface area contributed by atoms with E-state index in [0.717, 1.165) is 44.9 Å². The van der Waals surface area contributed by atoms with Gasteiger partial charge in [-0.25, -0.2) is 0 Å². The zero-order chi connectivity index (χ0) is 21.7. The second-order valence-corrected chi connectivity index (χ2v) is 11.0.